The van der Waals surface area contributed by atoms with Gasteiger partial charge in [0, 0.05) is 11.8 Å². The Labute approximate surface area is 155 Å². The molecule has 0 fully saturated rings. The number of nitrogens with zero attached hydrogens (tertiary/aromatic N) is 2. The molecule has 0 aliphatic rings. The van der Waals surface area contributed by atoms with Crippen molar-refractivity contribution in [3.05, 3.63) is 88.2 Å². The van der Waals surface area contributed by atoms with E-state index in [9.17, 15) is 9.90 Å². The van der Waals surface area contributed by atoms with Crippen LogP contribution < -0.4 is 4.90 Å². The maximum atomic E-state index is 13.1. The molecule has 1 aromatic heterocycles. The average Bonchev–Trinajstić information content (AvgIpc) is 2.63. The van der Waals surface area contributed by atoms with Gasteiger partial charge in [0.05, 0.1) is 28.0 Å². The molecule has 2 aromatic carbocycles. The number of aromatic nitrogens is 1. The van der Waals surface area contributed by atoms with Crippen LogP contribution in [0.15, 0.2) is 66.9 Å². The van der Waals surface area contributed by atoms with Gasteiger partial charge in [0.2, 0.25) is 0 Å². The van der Waals surface area contributed by atoms with Crippen molar-refractivity contribution >= 4 is 34.8 Å². The van der Waals surface area contributed by atoms with Gasteiger partial charge in [-0.25, -0.2) is 0 Å². The molecular weight excluding hydrogens is 359 g/mol. The van der Waals surface area contributed by atoms with Crippen molar-refractivity contribution in [2.75, 3.05) is 4.90 Å². The lowest BCUT2D eigenvalue weighted by Gasteiger charge is -2.23. The second-order valence-electron chi connectivity index (χ2n) is 5.33. The molecule has 0 saturated heterocycles. The topological polar surface area (TPSA) is 53.4 Å². The summed E-state index contributed by atoms with van der Waals surface area (Å²) >= 11 is 12.0. The van der Waals surface area contributed by atoms with Crippen LogP contribution in [0.1, 0.15) is 16.1 Å². The Bertz CT molecular complexity index is 901. The van der Waals surface area contributed by atoms with Crippen LogP contribution in [0.3, 0.4) is 0 Å². The zero-order valence-corrected chi connectivity index (χ0v) is 14.6. The number of benzene rings is 2. The minimum absolute atomic E-state index is 0.00633. The van der Waals surface area contributed by atoms with E-state index in [1.165, 1.54) is 17.0 Å². The van der Waals surface area contributed by atoms with Gasteiger partial charge in [-0.2, -0.15) is 0 Å². The summed E-state index contributed by atoms with van der Waals surface area (Å²) < 4.78 is 0. The zero-order chi connectivity index (χ0) is 17.8. The van der Waals surface area contributed by atoms with Crippen molar-refractivity contribution in [2.45, 2.75) is 6.54 Å². The van der Waals surface area contributed by atoms with Crippen LogP contribution in [0.25, 0.3) is 0 Å². The highest BCUT2D eigenvalue weighted by atomic mass is 35.5. The molecule has 0 radical (unpaired) electrons. The van der Waals surface area contributed by atoms with Gasteiger partial charge in [0.15, 0.2) is 0 Å². The summed E-state index contributed by atoms with van der Waals surface area (Å²) in [6.45, 7) is 0.206. The molecule has 0 saturated carbocycles. The second kappa shape index (κ2) is 7.55. The Hall–Kier alpha value is -2.56. The van der Waals surface area contributed by atoms with Crippen molar-refractivity contribution in [1.29, 1.82) is 0 Å². The number of phenolic OH excluding ortho intramolecular Hbond substituents is 1. The highest BCUT2D eigenvalue weighted by Crippen LogP contribution is 2.30. The number of hydrogen-bond donors (Lipinski definition) is 1. The number of para-hydroxylation sites is 2. The first-order valence-electron chi connectivity index (χ1n) is 7.51. The number of pyridine rings is 1. The molecule has 1 amide bonds. The van der Waals surface area contributed by atoms with Crippen molar-refractivity contribution in [2.24, 2.45) is 0 Å². The standard InChI is InChI=1S/C19H14Cl2N2O2/c20-15-9-8-13(11-16(15)21)19(25)23(12-14-5-3-4-10-22-14)17-6-1-2-7-18(17)24/h1-11,24H,12H2. The summed E-state index contributed by atoms with van der Waals surface area (Å²) in [6, 6.07) is 16.8. The van der Waals surface area contributed by atoms with E-state index < -0.39 is 0 Å². The van der Waals surface area contributed by atoms with E-state index in [0.29, 0.717) is 27.0 Å². The Balaban J connectivity index is 2.02. The van der Waals surface area contributed by atoms with Crippen LogP contribution in [-0.4, -0.2) is 16.0 Å². The van der Waals surface area contributed by atoms with Gasteiger partial charge in [-0.1, -0.05) is 41.4 Å². The third-order valence-electron chi connectivity index (χ3n) is 3.63. The first-order valence-corrected chi connectivity index (χ1v) is 8.26. The molecule has 0 unspecified atom stereocenters. The highest BCUT2D eigenvalue weighted by molar-refractivity contribution is 6.42. The van der Waals surface area contributed by atoms with E-state index in [1.807, 2.05) is 12.1 Å². The van der Waals surface area contributed by atoms with Gasteiger partial charge < -0.3 is 5.11 Å². The summed E-state index contributed by atoms with van der Waals surface area (Å²) in [5, 5.41) is 10.9. The monoisotopic (exact) mass is 372 g/mol. The summed E-state index contributed by atoms with van der Waals surface area (Å²) in [5.41, 5.74) is 1.46. The van der Waals surface area contributed by atoms with Crippen LogP contribution in [0.2, 0.25) is 10.0 Å². The molecule has 6 heteroatoms. The summed E-state index contributed by atoms with van der Waals surface area (Å²) in [5.74, 6) is -0.308. The first kappa shape index (κ1) is 17.3. The number of hydrogen-bond acceptors (Lipinski definition) is 3. The molecule has 0 atom stereocenters. The van der Waals surface area contributed by atoms with Gasteiger partial charge >= 0.3 is 0 Å². The minimum atomic E-state index is -0.314. The molecule has 4 nitrogen and oxygen atoms in total. The second-order valence-corrected chi connectivity index (χ2v) is 6.14. The molecule has 0 aliphatic heterocycles. The smallest absolute Gasteiger partial charge is 0.258 e. The zero-order valence-electron chi connectivity index (χ0n) is 13.1. The fraction of sp³-hybridized carbons (Fsp3) is 0.0526. The van der Waals surface area contributed by atoms with Gasteiger partial charge in [-0.05, 0) is 42.5 Å². The van der Waals surface area contributed by atoms with E-state index in [2.05, 4.69) is 4.98 Å². The Morgan fingerprint density at radius 2 is 1.76 bits per heavy atom. The number of rotatable bonds is 4. The molecule has 1 N–H and O–H groups in total. The molecule has 126 valence electrons. The SMILES string of the molecule is O=C(c1ccc(Cl)c(Cl)c1)N(Cc1ccccn1)c1ccccc1O. The molecule has 3 aromatic rings. The molecule has 25 heavy (non-hydrogen) atoms. The molecular formula is C19H14Cl2N2O2. The van der Waals surface area contributed by atoms with Crippen molar-refractivity contribution in [3.63, 3.8) is 0 Å². The lowest BCUT2D eigenvalue weighted by molar-refractivity contribution is 0.0984. The van der Waals surface area contributed by atoms with Crippen molar-refractivity contribution in [1.82, 2.24) is 4.98 Å². The lowest BCUT2D eigenvalue weighted by Crippen LogP contribution is -2.30. The van der Waals surface area contributed by atoms with Gasteiger partial charge in [-0.15, -0.1) is 0 Å². The number of phenols is 1. The number of halogens is 2. The van der Waals surface area contributed by atoms with Crippen LogP contribution in [0.5, 0.6) is 5.75 Å². The molecule has 1 heterocycles. The third kappa shape index (κ3) is 3.92. The van der Waals surface area contributed by atoms with Crippen LogP contribution in [0.4, 0.5) is 5.69 Å². The van der Waals surface area contributed by atoms with Gasteiger partial charge in [-0.3, -0.25) is 14.7 Å². The lowest BCUT2D eigenvalue weighted by atomic mass is 10.1. The van der Waals surface area contributed by atoms with E-state index in [-0.39, 0.29) is 18.2 Å². The summed E-state index contributed by atoms with van der Waals surface area (Å²) in [4.78, 5) is 18.8. The fourth-order valence-corrected chi connectivity index (χ4v) is 2.70. The number of aromatic hydroxyl groups is 1. The number of carbonyl (C=O) groups is 1. The molecule has 0 aliphatic carbocycles. The Morgan fingerprint density at radius 3 is 2.44 bits per heavy atom. The van der Waals surface area contributed by atoms with Gasteiger partial charge in [0.1, 0.15) is 5.75 Å². The molecule has 0 bridgehead atoms. The van der Waals surface area contributed by atoms with Gasteiger partial charge in [0.25, 0.3) is 5.91 Å². The first-order chi connectivity index (χ1) is 12.1. The maximum Gasteiger partial charge on any atom is 0.258 e. The number of amides is 1. The van der Waals surface area contributed by atoms with Crippen LogP contribution in [0, 0.1) is 0 Å². The number of carbonyl (C=O) groups excluding carboxylic acids is 1. The largest absolute Gasteiger partial charge is 0.506 e. The highest BCUT2D eigenvalue weighted by Gasteiger charge is 2.21. The van der Waals surface area contributed by atoms with E-state index >= 15 is 0 Å². The quantitative estimate of drug-likeness (QED) is 0.705. The maximum absolute atomic E-state index is 13.1. The van der Waals surface area contributed by atoms with Crippen molar-refractivity contribution in [3.8, 4) is 5.75 Å². The summed E-state index contributed by atoms with van der Waals surface area (Å²) in [7, 11) is 0. The molecule has 3 rings (SSSR count). The summed E-state index contributed by atoms with van der Waals surface area (Å²) in [6.07, 6.45) is 1.65. The Morgan fingerprint density at radius 1 is 1.00 bits per heavy atom. The van der Waals surface area contributed by atoms with Crippen LogP contribution >= 0.6 is 23.2 Å². The van der Waals surface area contributed by atoms with E-state index in [4.69, 9.17) is 23.2 Å². The van der Waals surface area contributed by atoms with Crippen molar-refractivity contribution < 1.29 is 9.90 Å². The van der Waals surface area contributed by atoms with Crippen LogP contribution in [-0.2, 0) is 6.54 Å². The predicted molar refractivity (Wildman–Crippen MR) is 99.3 cm³/mol. The average molecular weight is 373 g/mol. The normalized spacial score (nSPS) is 10.5. The third-order valence-corrected chi connectivity index (χ3v) is 4.37. The molecule has 0 spiro atoms. The fourth-order valence-electron chi connectivity index (χ4n) is 2.40. The Kier molecular flexibility index (Phi) is 5.22. The number of anilines is 1. The van der Waals surface area contributed by atoms with E-state index in [1.54, 1.807) is 42.6 Å². The van der Waals surface area contributed by atoms with E-state index in [0.717, 1.165) is 0 Å². The minimum Gasteiger partial charge on any atom is -0.506 e. The predicted octanol–water partition coefficient (Wildman–Crippen LogP) is 4.94.